The SMILES string of the molecule is CC(=O)C(CCC(=O)NCCNC(=O)CCC(NC(=O)c1ccc(N)cc1)SCCCC(=O)O)N1CCN(CC(=O)O)CCN(CC(=O)O)CC1. The number of benzene rings is 1. The Morgan fingerprint density at radius 1 is 0.745 bits per heavy atom. The number of nitrogens with one attached hydrogen (secondary N) is 3. The molecule has 3 amide bonds. The number of carboxylic acid groups (broad SMARTS) is 3. The molecule has 1 heterocycles. The zero-order valence-electron chi connectivity index (χ0n) is 29.0. The van der Waals surface area contributed by atoms with Crippen molar-refractivity contribution in [2.45, 2.75) is 56.9 Å². The first kappa shape index (κ1) is 42.9. The van der Waals surface area contributed by atoms with Crippen LogP contribution in [0.2, 0.25) is 0 Å². The lowest BCUT2D eigenvalue weighted by Gasteiger charge is -2.31. The third-order valence-electron chi connectivity index (χ3n) is 8.13. The van der Waals surface area contributed by atoms with E-state index in [0.717, 1.165) is 0 Å². The number of carbonyl (C=O) groups excluding carboxylic acids is 4. The number of aliphatic carboxylic acids is 3. The Morgan fingerprint density at radius 2 is 1.25 bits per heavy atom. The molecule has 1 aliphatic heterocycles. The summed E-state index contributed by atoms with van der Waals surface area (Å²) in [6.45, 7) is 3.51. The van der Waals surface area contributed by atoms with Gasteiger partial charge in [-0.1, -0.05) is 0 Å². The second kappa shape index (κ2) is 23.3. The monoisotopic (exact) mass is 737 g/mol. The molecule has 0 saturated carbocycles. The molecule has 1 saturated heterocycles. The molecule has 2 rings (SSSR count). The molecule has 51 heavy (non-hydrogen) atoms. The molecule has 2 unspecified atom stereocenters. The standard InChI is InChI=1S/C33H51N7O10S/c1-23(41)26(40-18-16-38(21-31(46)47)14-15-39(17-19-40)22-32(48)49)8-9-27(42)35-12-13-36-28(43)10-11-29(51-20-2-3-30(44)45)37-33(50)24-4-6-25(34)7-5-24/h4-7,26,29H,2-3,8-22,34H2,1H3,(H,35,42)(H,36,43)(H,37,50)(H,44,45)(H,46,47)(H,48,49). The van der Waals surface area contributed by atoms with E-state index in [1.807, 2.05) is 4.90 Å². The minimum atomic E-state index is -1.01. The Balaban J connectivity index is 1.83. The molecule has 1 aromatic rings. The molecular weight excluding hydrogens is 686 g/mol. The van der Waals surface area contributed by atoms with Gasteiger partial charge in [-0.2, -0.15) is 0 Å². The number of hydrogen-bond acceptors (Lipinski definition) is 12. The quantitative estimate of drug-likeness (QED) is 0.0461. The van der Waals surface area contributed by atoms with Crippen LogP contribution in [0.25, 0.3) is 0 Å². The molecule has 18 heteroatoms. The molecule has 1 aromatic carbocycles. The molecule has 0 spiro atoms. The first-order chi connectivity index (χ1) is 24.2. The first-order valence-corrected chi connectivity index (χ1v) is 17.9. The maximum absolute atomic E-state index is 12.7. The van der Waals surface area contributed by atoms with Crippen LogP contribution in [0.4, 0.5) is 5.69 Å². The van der Waals surface area contributed by atoms with Gasteiger partial charge in [0.2, 0.25) is 11.8 Å². The summed E-state index contributed by atoms with van der Waals surface area (Å²) in [5.41, 5.74) is 6.61. The van der Waals surface area contributed by atoms with Gasteiger partial charge in [-0.15, -0.1) is 11.8 Å². The Morgan fingerprint density at radius 3 is 1.75 bits per heavy atom. The molecule has 2 atom stereocenters. The number of nitrogens with two attached hydrogens (primary N) is 1. The Bertz CT molecular complexity index is 1310. The van der Waals surface area contributed by atoms with Crippen molar-refractivity contribution in [2.24, 2.45) is 0 Å². The highest BCUT2D eigenvalue weighted by Crippen LogP contribution is 2.18. The fourth-order valence-corrected chi connectivity index (χ4v) is 6.50. The fourth-order valence-electron chi connectivity index (χ4n) is 5.43. The van der Waals surface area contributed by atoms with Crippen molar-refractivity contribution in [1.29, 1.82) is 0 Å². The van der Waals surface area contributed by atoms with Gasteiger partial charge in [-0.05, 0) is 56.2 Å². The van der Waals surface area contributed by atoms with Gasteiger partial charge < -0.3 is 37.0 Å². The zero-order valence-corrected chi connectivity index (χ0v) is 29.8. The van der Waals surface area contributed by atoms with Gasteiger partial charge in [0, 0.05) is 82.9 Å². The average Bonchev–Trinajstić information content (AvgIpc) is 3.14. The predicted octanol–water partition coefficient (Wildman–Crippen LogP) is -0.238. The van der Waals surface area contributed by atoms with E-state index in [-0.39, 0.29) is 75.4 Å². The molecule has 284 valence electrons. The van der Waals surface area contributed by atoms with Crippen LogP contribution in [-0.2, 0) is 28.8 Å². The summed E-state index contributed by atoms with van der Waals surface area (Å²) < 4.78 is 0. The molecule has 8 N–H and O–H groups in total. The molecule has 17 nitrogen and oxygen atoms in total. The number of amides is 3. The third-order valence-corrected chi connectivity index (χ3v) is 9.41. The lowest BCUT2D eigenvalue weighted by molar-refractivity contribution is -0.140. The Kier molecular flexibility index (Phi) is 19.6. The molecular formula is C33H51N7O10S. The highest BCUT2D eigenvalue weighted by atomic mass is 32.2. The van der Waals surface area contributed by atoms with E-state index in [0.29, 0.717) is 69.1 Å². The lowest BCUT2D eigenvalue weighted by atomic mass is 10.0. The molecule has 0 aromatic heterocycles. The van der Waals surface area contributed by atoms with Gasteiger partial charge >= 0.3 is 17.9 Å². The number of hydrogen-bond donors (Lipinski definition) is 7. The average molecular weight is 738 g/mol. The van der Waals surface area contributed by atoms with Crippen LogP contribution in [-0.4, -0.2) is 154 Å². The summed E-state index contributed by atoms with van der Waals surface area (Å²) in [6, 6.07) is 5.76. The smallest absolute Gasteiger partial charge is 0.317 e. The summed E-state index contributed by atoms with van der Waals surface area (Å²) >= 11 is 1.36. The molecule has 1 aliphatic rings. The van der Waals surface area contributed by atoms with Gasteiger partial charge in [-0.3, -0.25) is 48.3 Å². The van der Waals surface area contributed by atoms with E-state index in [9.17, 15) is 43.8 Å². The zero-order chi connectivity index (χ0) is 37.8. The van der Waals surface area contributed by atoms with Crippen molar-refractivity contribution in [1.82, 2.24) is 30.7 Å². The van der Waals surface area contributed by atoms with Gasteiger partial charge in [0.25, 0.3) is 5.91 Å². The minimum Gasteiger partial charge on any atom is -0.481 e. The predicted molar refractivity (Wildman–Crippen MR) is 190 cm³/mol. The van der Waals surface area contributed by atoms with Crippen molar-refractivity contribution < 1.29 is 48.9 Å². The number of thioether (sulfide) groups is 1. The highest BCUT2D eigenvalue weighted by Gasteiger charge is 2.27. The number of rotatable bonds is 22. The Hall–Kier alpha value is -4.26. The lowest BCUT2D eigenvalue weighted by Crippen LogP contribution is -2.47. The van der Waals surface area contributed by atoms with Gasteiger partial charge in [0.15, 0.2) is 0 Å². The van der Waals surface area contributed by atoms with Crippen LogP contribution < -0.4 is 21.7 Å². The van der Waals surface area contributed by atoms with Crippen LogP contribution >= 0.6 is 11.8 Å². The van der Waals surface area contributed by atoms with Crippen molar-refractivity contribution in [3.63, 3.8) is 0 Å². The van der Waals surface area contributed by atoms with Crippen molar-refractivity contribution in [3.05, 3.63) is 29.8 Å². The Labute approximate surface area is 301 Å². The number of nitrogens with zero attached hydrogens (tertiary/aromatic N) is 3. The maximum Gasteiger partial charge on any atom is 0.317 e. The number of anilines is 1. The second-order valence-electron chi connectivity index (χ2n) is 12.2. The largest absolute Gasteiger partial charge is 0.481 e. The number of Topliss-reactive ketones (excluding diaryl/α,β-unsaturated/α-hetero) is 1. The molecule has 0 aliphatic carbocycles. The number of ketones is 1. The summed E-state index contributed by atoms with van der Waals surface area (Å²) in [6.07, 6.45) is 1.01. The van der Waals surface area contributed by atoms with Crippen molar-refractivity contribution in [2.75, 3.05) is 76.9 Å². The summed E-state index contributed by atoms with van der Waals surface area (Å²) in [7, 11) is 0. The molecule has 0 bridgehead atoms. The van der Waals surface area contributed by atoms with Crippen LogP contribution in [0, 0.1) is 0 Å². The maximum atomic E-state index is 12.7. The summed E-state index contributed by atoms with van der Waals surface area (Å²) in [4.78, 5) is 89.4. The molecule has 0 radical (unpaired) electrons. The van der Waals surface area contributed by atoms with Crippen molar-refractivity contribution in [3.8, 4) is 0 Å². The first-order valence-electron chi connectivity index (χ1n) is 16.9. The van der Waals surface area contributed by atoms with Crippen LogP contribution in [0.1, 0.15) is 55.8 Å². The van der Waals surface area contributed by atoms with Crippen molar-refractivity contribution >= 4 is 58.9 Å². The van der Waals surface area contributed by atoms with E-state index in [1.165, 1.54) is 18.7 Å². The van der Waals surface area contributed by atoms with E-state index in [2.05, 4.69) is 16.0 Å². The third kappa shape index (κ3) is 18.5. The number of nitrogen functional groups attached to an aromatic ring is 1. The topological polar surface area (TPSA) is 252 Å². The van der Waals surface area contributed by atoms with Crippen LogP contribution in [0.5, 0.6) is 0 Å². The number of carboxylic acids is 3. The fraction of sp³-hybridized carbons (Fsp3) is 0.606. The summed E-state index contributed by atoms with van der Waals surface area (Å²) in [5.74, 6) is -3.56. The normalized spacial score (nSPS) is 15.7. The van der Waals surface area contributed by atoms with E-state index >= 15 is 0 Å². The van der Waals surface area contributed by atoms with Crippen LogP contribution in [0.15, 0.2) is 24.3 Å². The van der Waals surface area contributed by atoms with Crippen LogP contribution in [0.3, 0.4) is 0 Å². The molecule has 1 fully saturated rings. The number of carbonyl (C=O) groups is 7. The van der Waals surface area contributed by atoms with E-state index in [4.69, 9.17) is 10.8 Å². The van der Waals surface area contributed by atoms with Gasteiger partial charge in [0.1, 0.15) is 5.78 Å². The summed E-state index contributed by atoms with van der Waals surface area (Å²) in [5, 5.41) is 35.4. The highest BCUT2D eigenvalue weighted by molar-refractivity contribution is 7.99. The van der Waals surface area contributed by atoms with E-state index < -0.39 is 29.3 Å². The second-order valence-corrected chi connectivity index (χ2v) is 13.5. The van der Waals surface area contributed by atoms with E-state index in [1.54, 1.807) is 34.1 Å². The minimum absolute atomic E-state index is 0.00776. The van der Waals surface area contributed by atoms with Gasteiger partial charge in [0.05, 0.1) is 24.5 Å². The van der Waals surface area contributed by atoms with Gasteiger partial charge in [-0.25, -0.2) is 0 Å².